The number of nitrogens with zero attached hydrogens (tertiary/aromatic N) is 3. The predicted octanol–water partition coefficient (Wildman–Crippen LogP) is 5.88. The van der Waals surface area contributed by atoms with Crippen LogP contribution in [0.2, 0.25) is 0 Å². The first-order valence-electron chi connectivity index (χ1n) is 13.0. The van der Waals surface area contributed by atoms with Gasteiger partial charge in [-0.3, -0.25) is 4.79 Å². The topological polar surface area (TPSA) is 106 Å². The maximum Gasteiger partial charge on any atom is 0.299 e. The van der Waals surface area contributed by atoms with E-state index in [-0.39, 0.29) is 5.91 Å². The number of benzene rings is 2. The Morgan fingerprint density at radius 3 is 2.71 bits per heavy atom. The lowest BCUT2D eigenvalue weighted by molar-refractivity contribution is -0.117. The van der Waals surface area contributed by atoms with E-state index in [1.165, 1.54) is 38.5 Å². The summed E-state index contributed by atoms with van der Waals surface area (Å²) in [5, 5.41) is 6.54. The van der Waals surface area contributed by atoms with E-state index in [0.717, 1.165) is 29.0 Å². The third-order valence-electron chi connectivity index (χ3n) is 7.00. The van der Waals surface area contributed by atoms with Crippen molar-refractivity contribution in [1.29, 1.82) is 0 Å². The van der Waals surface area contributed by atoms with Gasteiger partial charge in [0.15, 0.2) is 17.9 Å². The number of anilines is 3. The highest BCUT2D eigenvalue weighted by molar-refractivity contribution is 5.97. The average molecular weight is 516 g/mol. The molecule has 38 heavy (non-hydrogen) atoms. The summed E-state index contributed by atoms with van der Waals surface area (Å²) >= 11 is 0. The van der Waals surface area contributed by atoms with Gasteiger partial charge in [0.05, 0.1) is 37.3 Å². The van der Waals surface area contributed by atoms with Crippen molar-refractivity contribution in [3.05, 3.63) is 61.3 Å². The minimum atomic E-state index is 0.00469. The first-order valence-corrected chi connectivity index (χ1v) is 13.0. The van der Waals surface area contributed by atoms with Crippen molar-refractivity contribution in [3.8, 4) is 28.4 Å². The third-order valence-corrected chi connectivity index (χ3v) is 7.00. The lowest BCUT2D eigenvalue weighted by Crippen LogP contribution is -2.37. The minimum absolute atomic E-state index is 0.00469. The number of amides is 1. The Hall–Kier alpha value is -4.11. The Balaban J connectivity index is 1.26. The molecule has 0 atom stereocenters. The normalized spacial score (nSPS) is 13.8. The fourth-order valence-corrected chi connectivity index (χ4v) is 4.90. The molecule has 0 bridgehead atoms. The Bertz CT molecular complexity index is 1340. The molecule has 0 radical (unpaired) electrons. The summed E-state index contributed by atoms with van der Waals surface area (Å²) in [4.78, 5) is 23.0. The molecule has 2 heterocycles. The molecule has 1 aliphatic rings. The smallest absolute Gasteiger partial charge is 0.299 e. The van der Waals surface area contributed by atoms with E-state index in [1.54, 1.807) is 31.5 Å². The molecule has 1 saturated carbocycles. The van der Waals surface area contributed by atoms with Crippen molar-refractivity contribution in [2.45, 2.75) is 32.1 Å². The standard InChI is InChI=1S/C29H33N5O4/c1-34(28(35)18-30-15-20-8-4-3-5-9-20)24-11-7-6-10-22(24)27-17-32-29(38-27)33-21-12-13-23(25(14-21)36-2)26-16-31-19-37-26/h6-7,10-14,16-17,19-20,30H,3-5,8-9,15,18H2,1-2H3,(H,32,33). The molecular weight excluding hydrogens is 482 g/mol. The number of nitrogens with one attached hydrogen (secondary N) is 2. The van der Waals surface area contributed by atoms with Gasteiger partial charge in [-0.25, -0.2) is 9.97 Å². The number of ether oxygens (including phenoxy) is 1. The molecule has 1 aliphatic carbocycles. The summed E-state index contributed by atoms with van der Waals surface area (Å²) in [7, 11) is 3.39. The zero-order valence-corrected chi connectivity index (χ0v) is 21.8. The van der Waals surface area contributed by atoms with Crippen LogP contribution in [0.1, 0.15) is 32.1 Å². The molecule has 2 aromatic heterocycles. The van der Waals surface area contributed by atoms with Gasteiger partial charge in [-0.1, -0.05) is 31.4 Å². The summed E-state index contributed by atoms with van der Waals surface area (Å²) in [6, 6.07) is 13.6. The number of oxazole rings is 2. The lowest BCUT2D eigenvalue weighted by atomic mass is 9.89. The van der Waals surface area contributed by atoms with Crippen LogP contribution in [-0.2, 0) is 4.79 Å². The van der Waals surface area contributed by atoms with Gasteiger partial charge in [-0.2, -0.15) is 0 Å². The van der Waals surface area contributed by atoms with Crippen molar-refractivity contribution >= 4 is 23.3 Å². The van der Waals surface area contributed by atoms with E-state index in [0.29, 0.717) is 35.7 Å². The number of methoxy groups -OCH3 is 1. The second-order valence-corrected chi connectivity index (χ2v) is 9.54. The minimum Gasteiger partial charge on any atom is -0.496 e. The number of hydrogen-bond donors (Lipinski definition) is 2. The van der Waals surface area contributed by atoms with Crippen LogP contribution in [0.25, 0.3) is 22.6 Å². The molecule has 2 aromatic carbocycles. The van der Waals surface area contributed by atoms with Gasteiger partial charge in [0.1, 0.15) is 5.75 Å². The molecule has 4 aromatic rings. The van der Waals surface area contributed by atoms with Gasteiger partial charge in [0.25, 0.3) is 6.01 Å². The van der Waals surface area contributed by atoms with Crippen LogP contribution in [0.15, 0.2) is 70.1 Å². The highest BCUT2D eigenvalue weighted by Gasteiger charge is 2.19. The molecule has 0 unspecified atom stereocenters. The molecule has 0 aliphatic heterocycles. The van der Waals surface area contributed by atoms with Gasteiger partial charge in [0, 0.05) is 24.4 Å². The van der Waals surface area contributed by atoms with Gasteiger partial charge in [-0.15, -0.1) is 0 Å². The predicted molar refractivity (Wildman–Crippen MR) is 147 cm³/mol. The second kappa shape index (κ2) is 12.0. The Labute approximate surface area is 222 Å². The van der Waals surface area contributed by atoms with E-state index < -0.39 is 0 Å². The van der Waals surface area contributed by atoms with Crippen molar-refractivity contribution in [2.75, 3.05) is 37.5 Å². The highest BCUT2D eigenvalue weighted by Crippen LogP contribution is 2.35. The van der Waals surface area contributed by atoms with E-state index in [4.69, 9.17) is 13.6 Å². The van der Waals surface area contributed by atoms with Gasteiger partial charge in [0.2, 0.25) is 5.91 Å². The number of hydrogen-bond acceptors (Lipinski definition) is 8. The molecule has 0 saturated heterocycles. The van der Waals surface area contributed by atoms with Crippen LogP contribution in [0.3, 0.4) is 0 Å². The van der Waals surface area contributed by atoms with Crippen LogP contribution in [-0.4, -0.2) is 43.1 Å². The number of aromatic nitrogens is 2. The maximum absolute atomic E-state index is 13.0. The summed E-state index contributed by atoms with van der Waals surface area (Å²) < 4.78 is 17.0. The number of carbonyl (C=O) groups is 1. The molecule has 5 rings (SSSR count). The molecule has 1 fully saturated rings. The average Bonchev–Trinajstić information content (AvgIpc) is 3.66. The van der Waals surface area contributed by atoms with E-state index in [1.807, 2.05) is 42.5 Å². The first-order chi connectivity index (χ1) is 18.6. The van der Waals surface area contributed by atoms with Gasteiger partial charge < -0.3 is 29.1 Å². The SMILES string of the molecule is COc1cc(Nc2ncc(-c3ccccc3N(C)C(=O)CNCC3CCCCC3)o2)ccc1-c1cnco1. The molecule has 9 heteroatoms. The molecule has 9 nitrogen and oxygen atoms in total. The highest BCUT2D eigenvalue weighted by atomic mass is 16.5. The summed E-state index contributed by atoms with van der Waals surface area (Å²) in [5.74, 6) is 2.48. The monoisotopic (exact) mass is 515 g/mol. The molecule has 2 N–H and O–H groups in total. The summed E-state index contributed by atoms with van der Waals surface area (Å²) in [6.07, 6.45) is 11.1. The van der Waals surface area contributed by atoms with Crippen molar-refractivity contribution < 1.29 is 18.4 Å². The Kier molecular flexibility index (Phi) is 8.04. The number of para-hydroxylation sites is 1. The van der Waals surface area contributed by atoms with Crippen molar-refractivity contribution in [3.63, 3.8) is 0 Å². The molecule has 198 valence electrons. The quantitative estimate of drug-likeness (QED) is 0.270. The zero-order valence-electron chi connectivity index (χ0n) is 21.8. The Morgan fingerprint density at radius 1 is 1.08 bits per heavy atom. The fraction of sp³-hybridized carbons (Fsp3) is 0.345. The lowest BCUT2D eigenvalue weighted by Gasteiger charge is -2.23. The van der Waals surface area contributed by atoms with E-state index in [9.17, 15) is 4.79 Å². The molecule has 1 amide bonds. The number of rotatable bonds is 10. The third kappa shape index (κ3) is 5.89. The number of carbonyl (C=O) groups excluding carboxylic acids is 1. The molecule has 0 spiro atoms. The maximum atomic E-state index is 13.0. The van der Waals surface area contributed by atoms with Gasteiger partial charge in [-0.05, 0) is 49.6 Å². The first kappa shape index (κ1) is 25.5. The summed E-state index contributed by atoms with van der Waals surface area (Å²) in [6.45, 7) is 1.19. The van der Waals surface area contributed by atoms with Crippen molar-refractivity contribution in [2.24, 2.45) is 5.92 Å². The van der Waals surface area contributed by atoms with Crippen molar-refractivity contribution in [1.82, 2.24) is 15.3 Å². The van der Waals surface area contributed by atoms with E-state index >= 15 is 0 Å². The van der Waals surface area contributed by atoms with E-state index in [2.05, 4.69) is 20.6 Å². The Morgan fingerprint density at radius 2 is 1.92 bits per heavy atom. The summed E-state index contributed by atoms with van der Waals surface area (Å²) in [5.41, 5.74) is 3.08. The molecular formula is C29H33N5O4. The second-order valence-electron chi connectivity index (χ2n) is 9.54. The van der Waals surface area contributed by atoms with Crippen LogP contribution in [0.4, 0.5) is 17.4 Å². The van der Waals surface area contributed by atoms with Gasteiger partial charge >= 0.3 is 0 Å². The van der Waals surface area contributed by atoms with Crippen LogP contribution in [0, 0.1) is 5.92 Å². The fourth-order valence-electron chi connectivity index (χ4n) is 4.90. The van der Waals surface area contributed by atoms with Crippen LogP contribution >= 0.6 is 0 Å². The number of likely N-dealkylation sites (N-methyl/N-ethyl adjacent to an activating group) is 1. The van der Waals surface area contributed by atoms with Crippen LogP contribution < -0.4 is 20.3 Å². The largest absolute Gasteiger partial charge is 0.496 e. The van der Waals surface area contributed by atoms with Crippen LogP contribution in [0.5, 0.6) is 5.75 Å². The zero-order chi connectivity index (χ0) is 26.3.